The molecule has 0 aromatic carbocycles. The lowest BCUT2D eigenvalue weighted by atomic mass is 9.86. The molecule has 0 aliphatic heterocycles. The Morgan fingerprint density at radius 2 is 2.17 bits per heavy atom. The molecule has 3 heteroatoms. The number of amides is 1. The molecule has 1 aliphatic rings. The highest BCUT2D eigenvalue weighted by atomic mass is 16.3. The van der Waals surface area contributed by atoms with E-state index in [1.807, 2.05) is 0 Å². The van der Waals surface area contributed by atoms with E-state index in [1.165, 1.54) is 13.3 Å². The molecule has 0 aromatic heterocycles. The molecular weight excluding hydrogens is 154 g/mol. The third kappa shape index (κ3) is 2.81. The van der Waals surface area contributed by atoms with Gasteiger partial charge in [0, 0.05) is 19.4 Å². The fourth-order valence-electron chi connectivity index (χ4n) is 1.70. The van der Waals surface area contributed by atoms with E-state index in [4.69, 9.17) is 0 Å². The first kappa shape index (κ1) is 9.52. The summed E-state index contributed by atoms with van der Waals surface area (Å²) >= 11 is 0. The summed E-state index contributed by atoms with van der Waals surface area (Å²) < 4.78 is 0. The van der Waals surface area contributed by atoms with Crippen LogP contribution < -0.4 is 5.32 Å². The van der Waals surface area contributed by atoms with Crippen molar-refractivity contribution in [3.63, 3.8) is 0 Å². The molecule has 1 saturated carbocycles. The zero-order valence-corrected chi connectivity index (χ0v) is 7.55. The molecule has 1 fully saturated rings. The molecule has 0 unspecified atom stereocenters. The van der Waals surface area contributed by atoms with Crippen molar-refractivity contribution < 1.29 is 9.90 Å². The number of nitrogens with one attached hydrogen (secondary N) is 1. The summed E-state index contributed by atoms with van der Waals surface area (Å²) in [4.78, 5) is 10.6. The zero-order valence-electron chi connectivity index (χ0n) is 7.55. The first-order valence-electron chi connectivity index (χ1n) is 4.62. The summed E-state index contributed by atoms with van der Waals surface area (Å²) in [5.41, 5.74) is 0. The molecule has 12 heavy (non-hydrogen) atoms. The molecule has 1 amide bonds. The number of aliphatic hydroxyl groups is 1. The van der Waals surface area contributed by atoms with Gasteiger partial charge < -0.3 is 10.4 Å². The molecule has 1 rings (SSSR count). The Morgan fingerprint density at radius 3 is 2.75 bits per heavy atom. The smallest absolute Gasteiger partial charge is 0.216 e. The van der Waals surface area contributed by atoms with Gasteiger partial charge in [0.2, 0.25) is 5.91 Å². The first-order valence-corrected chi connectivity index (χ1v) is 4.62. The van der Waals surface area contributed by atoms with E-state index in [-0.39, 0.29) is 17.9 Å². The fourth-order valence-corrected chi connectivity index (χ4v) is 1.70. The van der Waals surface area contributed by atoms with Crippen molar-refractivity contribution in [1.29, 1.82) is 0 Å². The van der Waals surface area contributed by atoms with Crippen LogP contribution in [0.5, 0.6) is 0 Å². The summed E-state index contributed by atoms with van der Waals surface area (Å²) in [6, 6.07) is 0. The van der Waals surface area contributed by atoms with E-state index in [0.717, 1.165) is 19.3 Å². The Labute approximate surface area is 73.2 Å². The van der Waals surface area contributed by atoms with Gasteiger partial charge in [0.25, 0.3) is 0 Å². The molecular formula is C9H17NO2. The molecule has 2 atom stereocenters. The quantitative estimate of drug-likeness (QED) is 0.641. The van der Waals surface area contributed by atoms with Crippen molar-refractivity contribution in [3.05, 3.63) is 0 Å². The van der Waals surface area contributed by atoms with Crippen molar-refractivity contribution in [1.82, 2.24) is 5.32 Å². The van der Waals surface area contributed by atoms with E-state index in [2.05, 4.69) is 5.32 Å². The monoisotopic (exact) mass is 171 g/mol. The van der Waals surface area contributed by atoms with Gasteiger partial charge in [0.1, 0.15) is 0 Å². The van der Waals surface area contributed by atoms with E-state index in [0.29, 0.717) is 6.54 Å². The van der Waals surface area contributed by atoms with Crippen molar-refractivity contribution in [3.8, 4) is 0 Å². The van der Waals surface area contributed by atoms with Gasteiger partial charge >= 0.3 is 0 Å². The maximum Gasteiger partial charge on any atom is 0.216 e. The Hall–Kier alpha value is -0.570. The lowest BCUT2D eigenvalue weighted by molar-refractivity contribution is -0.119. The molecule has 2 N–H and O–H groups in total. The van der Waals surface area contributed by atoms with Gasteiger partial charge in [-0.3, -0.25) is 4.79 Å². The molecule has 70 valence electrons. The fraction of sp³-hybridized carbons (Fsp3) is 0.889. The number of hydrogen-bond donors (Lipinski definition) is 2. The first-order chi connectivity index (χ1) is 5.70. The number of rotatable bonds is 2. The van der Waals surface area contributed by atoms with Crippen molar-refractivity contribution >= 4 is 5.91 Å². The summed E-state index contributed by atoms with van der Waals surface area (Å²) in [7, 11) is 0. The zero-order chi connectivity index (χ0) is 8.97. The van der Waals surface area contributed by atoms with Crippen LogP contribution in [0, 0.1) is 5.92 Å². The highest BCUT2D eigenvalue weighted by molar-refractivity contribution is 5.72. The predicted molar refractivity (Wildman–Crippen MR) is 46.6 cm³/mol. The van der Waals surface area contributed by atoms with Crippen LogP contribution in [0.2, 0.25) is 0 Å². The van der Waals surface area contributed by atoms with E-state index in [9.17, 15) is 9.90 Å². The minimum atomic E-state index is -0.203. The topological polar surface area (TPSA) is 49.3 Å². The number of carbonyl (C=O) groups is 1. The van der Waals surface area contributed by atoms with Gasteiger partial charge in [0.05, 0.1) is 6.10 Å². The molecule has 0 heterocycles. The second kappa shape index (κ2) is 4.45. The molecule has 3 nitrogen and oxygen atoms in total. The molecule has 1 aliphatic carbocycles. The van der Waals surface area contributed by atoms with Gasteiger partial charge in [-0.15, -0.1) is 0 Å². The Morgan fingerprint density at radius 1 is 1.50 bits per heavy atom. The van der Waals surface area contributed by atoms with Gasteiger partial charge in [0.15, 0.2) is 0 Å². The van der Waals surface area contributed by atoms with Crippen LogP contribution in [0.4, 0.5) is 0 Å². The number of aliphatic hydroxyl groups excluding tert-OH is 1. The van der Waals surface area contributed by atoms with Gasteiger partial charge in [-0.25, -0.2) is 0 Å². The second-order valence-electron chi connectivity index (χ2n) is 3.55. The molecule has 0 bridgehead atoms. The van der Waals surface area contributed by atoms with E-state index in [1.54, 1.807) is 0 Å². The SMILES string of the molecule is CC(=O)NC[C@H]1CCCC[C@H]1O. The van der Waals surface area contributed by atoms with Crippen LogP contribution in [0.1, 0.15) is 32.6 Å². The normalized spacial score (nSPS) is 29.8. The minimum absolute atomic E-state index is 0.00669. The number of hydrogen-bond acceptors (Lipinski definition) is 2. The average Bonchev–Trinajstić information content (AvgIpc) is 2.03. The Kier molecular flexibility index (Phi) is 3.53. The van der Waals surface area contributed by atoms with Gasteiger partial charge in [-0.05, 0) is 12.8 Å². The largest absolute Gasteiger partial charge is 0.393 e. The summed E-state index contributed by atoms with van der Waals surface area (Å²) in [5, 5.41) is 12.3. The van der Waals surface area contributed by atoms with Gasteiger partial charge in [-0.1, -0.05) is 12.8 Å². The van der Waals surface area contributed by atoms with E-state index >= 15 is 0 Å². The molecule has 0 spiro atoms. The van der Waals surface area contributed by atoms with Crippen LogP contribution >= 0.6 is 0 Å². The maximum atomic E-state index is 10.6. The summed E-state index contributed by atoms with van der Waals surface area (Å²) in [5.74, 6) is 0.274. The minimum Gasteiger partial charge on any atom is -0.393 e. The van der Waals surface area contributed by atoms with Crippen LogP contribution in [0.15, 0.2) is 0 Å². The van der Waals surface area contributed by atoms with Crippen LogP contribution in [-0.2, 0) is 4.79 Å². The van der Waals surface area contributed by atoms with Crippen molar-refractivity contribution in [2.45, 2.75) is 38.7 Å². The second-order valence-corrected chi connectivity index (χ2v) is 3.55. The highest BCUT2D eigenvalue weighted by Gasteiger charge is 2.22. The lowest BCUT2D eigenvalue weighted by Gasteiger charge is -2.27. The standard InChI is InChI=1S/C9H17NO2/c1-7(11)10-6-8-4-2-3-5-9(8)12/h8-9,12H,2-6H2,1H3,(H,10,11)/t8-,9-/m1/s1. The van der Waals surface area contributed by atoms with E-state index < -0.39 is 0 Å². The van der Waals surface area contributed by atoms with Gasteiger partial charge in [-0.2, -0.15) is 0 Å². The summed E-state index contributed by atoms with van der Waals surface area (Å²) in [6.07, 6.45) is 4.04. The average molecular weight is 171 g/mol. The molecule has 0 aromatic rings. The Balaban J connectivity index is 2.24. The van der Waals surface area contributed by atoms with Crippen LogP contribution in [0.25, 0.3) is 0 Å². The number of carbonyl (C=O) groups excluding carboxylic acids is 1. The van der Waals surface area contributed by atoms with Crippen LogP contribution in [0.3, 0.4) is 0 Å². The predicted octanol–water partition coefficient (Wildman–Crippen LogP) is 0.674. The lowest BCUT2D eigenvalue weighted by Crippen LogP contribution is -2.35. The van der Waals surface area contributed by atoms with Crippen molar-refractivity contribution in [2.24, 2.45) is 5.92 Å². The Bertz CT molecular complexity index is 159. The summed E-state index contributed by atoms with van der Waals surface area (Å²) in [6.45, 7) is 2.14. The molecule has 0 saturated heterocycles. The van der Waals surface area contributed by atoms with Crippen LogP contribution in [-0.4, -0.2) is 23.7 Å². The third-order valence-electron chi connectivity index (χ3n) is 2.48. The third-order valence-corrected chi connectivity index (χ3v) is 2.48. The molecule has 0 radical (unpaired) electrons. The highest BCUT2D eigenvalue weighted by Crippen LogP contribution is 2.23. The van der Waals surface area contributed by atoms with Crippen molar-refractivity contribution in [2.75, 3.05) is 6.54 Å². The maximum absolute atomic E-state index is 10.6.